The molecule has 0 aliphatic carbocycles. The third kappa shape index (κ3) is 4.87. The van der Waals surface area contributed by atoms with Gasteiger partial charge in [-0.25, -0.2) is 9.79 Å². The predicted octanol–water partition coefficient (Wildman–Crippen LogP) is 4.72. The highest BCUT2D eigenvalue weighted by atomic mass is 16.5. The van der Waals surface area contributed by atoms with Crippen molar-refractivity contribution in [3.05, 3.63) is 78.0 Å². The van der Waals surface area contributed by atoms with Crippen LogP contribution in [0.4, 0.5) is 11.4 Å². The number of carbonyl (C=O) groups excluding carboxylic acids is 2. The number of carbonyl (C=O) groups is 2. The molecule has 0 bridgehead atoms. The molecule has 7 heteroatoms. The van der Waals surface area contributed by atoms with Crippen LogP contribution in [-0.2, 0) is 14.3 Å². The van der Waals surface area contributed by atoms with Gasteiger partial charge in [-0.3, -0.25) is 4.79 Å². The number of nitrogens with one attached hydrogen (secondary N) is 2. The molecule has 0 saturated carbocycles. The second kappa shape index (κ2) is 9.99. The van der Waals surface area contributed by atoms with E-state index in [2.05, 4.69) is 15.6 Å². The van der Waals surface area contributed by atoms with E-state index in [0.717, 1.165) is 16.5 Å². The van der Waals surface area contributed by atoms with Crippen molar-refractivity contribution in [1.29, 1.82) is 0 Å². The quantitative estimate of drug-likeness (QED) is 0.538. The van der Waals surface area contributed by atoms with Crippen molar-refractivity contribution in [2.24, 2.45) is 4.99 Å². The first-order valence-corrected chi connectivity index (χ1v) is 10.9. The number of rotatable bonds is 6. The van der Waals surface area contributed by atoms with E-state index in [1.54, 1.807) is 6.92 Å². The number of esters is 1. The first-order chi connectivity index (χ1) is 16.1. The Balaban J connectivity index is 1.61. The Kier molecular flexibility index (Phi) is 6.69. The zero-order valence-electron chi connectivity index (χ0n) is 18.6. The number of anilines is 1. The van der Waals surface area contributed by atoms with Gasteiger partial charge < -0.3 is 20.1 Å². The van der Waals surface area contributed by atoms with Crippen LogP contribution >= 0.6 is 0 Å². The summed E-state index contributed by atoms with van der Waals surface area (Å²) < 4.78 is 11.1. The van der Waals surface area contributed by atoms with E-state index >= 15 is 0 Å². The Labute approximate surface area is 192 Å². The third-order valence-corrected chi connectivity index (χ3v) is 5.16. The molecule has 0 aromatic heterocycles. The van der Waals surface area contributed by atoms with Gasteiger partial charge in [0.15, 0.2) is 6.61 Å². The summed E-state index contributed by atoms with van der Waals surface area (Å²) in [6.07, 6.45) is 0.518. The van der Waals surface area contributed by atoms with Crippen molar-refractivity contribution in [3.8, 4) is 5.75 Å². The number of aliphatic imine (C=N–C) groups is 1. The first-order valence-electron chi connectivity index (χ1n) is 10.9. The van der Waals surface area contributed by atoms with Gasteiger partial charge >= 0.3 is 5.97 Å². The fraction of sp³-hybridized carbons (Fsp3) is 0.192. The second-order valence-corrected chi connectivity index (χ2v) is 7.34. The first kappa shape index (κ1) is 22.1. The zero-order valence-corrected chi connectivity index (χ0v) is 18.6. The minimum absolute atomic E-state index is 0.134. The van der Waals surface area contributed by atoms with Crippen LogP contribution in [-0.4, -0.2) is 30.9 Å². The SMILES string of the molecule is CCOC(=O)C1=C(CC)Nc2ccccc2N=C1NC(=O)COc1cccc2ccccc12. The predicted molar refractivity (Wildman–Crippen MR) is 129 cm³/mol. The van der Waals surface area contributed by atoms with Crippen LogP contribution in [0.25, 0.3) is 10.8 Å². The number of ether oxygens (including phenoxy) is 2. The van der Waals surface area contributed by atoms with Crippen molar-refractivity contribution in [2.75, 3.05) is 18.5 Å². The topological polar surface area (TPSA) is 89.0 Å². The van der Waals surface area contributed by atoms with Gasteiger partial charge in [-0.15, -0.1) is 0 Å². The Hall–Kier alpha value is -4.13. The summed E-state index contributed by atoms with van der Waals surface area (Å²) in [7, 11) is 0. The van der Waals surface area contributed by atoms with E-state index in [1.807, 2.05) is 73.7 Å². The lowest BCUT2D eigenvalue weighted by Crippen LogP contribution is -2.38. The summed E-state index contributed by atoms with van der Waals surface area (Å²) in [6.45, 7) is 3.62. The molecule has 0 saturated heterocycles. The Morgan fingerprint density at radius 1 is 0.970 bits per heavy atom. The number of nitrogens with zero attached hydrogens (tertiary/aromatic N) is 1. The number of hydrogen-bond acceptors (Lipinski definition) is 6. The number of allylic oxidation sites excluding steroid dienone is 1. The lowest BCUT2D eigenvalue weighted by molar-refractivity contribution is -0.137. The van der Waals surface area contributed by atoms with Crippen LogP contribution in [0.15, 0.2) is 83.0 Å². The highest BCUT2D eigenvalue weighted by Crippen LogP contribution is 2.31. The number of benzene rings is 3. The zero-order chi connectivity index (χ0) is 23.2. The molecular formula is C26H25N3O4. The van der Waals surface area contributed by atoms with Crippen molar-refractivity contribution >= 4 is 39.9 Å². The van der Waals surface area contributed by atoms with E-state index in [0.29, 0.717) is 23.6 Å². The summed E-state index contributed by atoms with van der Waals surface area (Å²) in [4.78, 5) is 30.2. The van der Waals surface area contributed by atoms with Crippen LogP contribution in [0.3, 0.4) is 0 Å². The summed E-state index contributed by atoms with van der Waals surface area (Å²) in [5, 5.41) is 7.96. The van der Waals surface area contributed by atoms with Crippen LogP contribution in [0.2, 0.25) is 0 Å². The maximum Gasteiger partial charge on any atom is 0.343 e. The normalized spacial score (nSPS) is 12.8. The van der Waals surface area contributed by atoms with Gasteiger partial charge in [-0.05, 0) is 36.9 Å². The second-order valence-electron chi connectivity index (χ2n) is 7.34. The smallest absolute Gasteiger partial charge is 0.343 e. The average molecular weight is 444 g/mol. The minimum Gasteiger partial charge on any atom is -0.483 e. The van der Waals surface area contributed by atoms with Gasteiger partial charge in [0.2, 0.25) is 0 Å². The van der Waals surface area contributed by atoms with Crippen molar-refractivity contribution < 1.29 is 19.1 Å². The highest BCUT2D eigenvalue weighted by molar-refractivity contribution is 6.24. The summed E-state index contributed by atoms with van der Waals surface area (Å²) in [5.41, 5.74) is 2.17. The van der Waals surface area contributed by atoms with Gasteiger partial charge in [0.1, 0.15) is 17.2 Å². The molecule has 2 N–H and O–H groups in total. The summed E-state index contributed by atoms with van der Waals surface area (Å²) in [5.74, 6) is -0.246. The van der Waals surface area contributed by atoms with Crippen molar-refractivity contribution in [1.82, 2.24) is 5.32 Å². The molecule has 168 valence electrons. The molecule has 3 aromatic carbocycles. The summed E-state index contributed by atoms with van der Waals surface area (Å²) >= 11 is 0. The molecule has 3 aromatic rings. The lowest BCUT2D eigenvalue weighted by Gasteiger charge is -2.15. The Bertz CT molecular complexity index is 1260. The molecule has 1 heterocycles. The molecule has 33 heavy (non-hydrogen) atoms. The van der Waals surface area contributed by atoms with E-state index in [1.165, 1.54) is 0 Å². The van der Waals surface area contributed by atoms with Crippen LogP contribution in [0.5, 0.6) is 5.75 Å². The molecule has 1 aliphatic rings. The van der Waals surface area contributed by atoms with Gasteiger partial charge in [0, 0.05) is 11.1 Å². The van der Waals surface area contributed by atoms with Crippen LogP contribution < -0.4 is 15.4 Å². The Morgan fingerprint density at radius 2 is 1.73 bits per heavy atom. The molecule has 0 atom stereocenters. The van der Waals surface area contributed by atoms with E-state index in [9.17, 15) is 9.59 Å². The van der Waals surface area contributed by atoms with Crippen molar-refractivity contribution in [2.45, 2.75) is 20.3 Å². The molecule has 1 aliphatic heterocycles. The fourth-order valence-corrected chi connectivity index (χ4v) is 3.63. The van der Waals surface area contributed by atoms with Crippen molar-refractivity contribution in [3.63, 3.8) is 0 Å². The number of amides is 1. The highest BCUT2D eigenvalue weighted by Gasteiger charge is 2.27. The van der Waals surface area contributed by atoms with Crippen LogP contribution in [0.1, 0.15) is 20.3 Å². The van der Waals surface area contributed by atoms with Crippen LogP contribution in [0, 0.1) is 0 Å². The molecule has 0 spiro atoms. The maximum atomic E-state index is 12.9. The molecular weight excluding hydrogens is 418 g/mol. The minimum atomic E-state index is -0.552. The van der Waals surface area contributed by atoms with Gasteiger partial charge in [-0.1, -0.05) is 55.5 Å². The Morgan fingerprint density at radius 3 is 2.55 bits per heavy atom. The molecule has 0 radical (unpaired) electrons. The van der Waals surface area contributed by atoms with E-state index in [4.69, 9.17) is 9.47 Å². The lowest BCUT2D eigenvalue weighted by atomic mass is 10.1. The molecule has 7 nitrogen and oxygen atoms in total. The monoisotopic (exact) mass is 443 g/mol. The van der Waals surface area contributed by atoms with Gasteiger partial charge in [0.05, 0.1) is 18.0 Å². The average Bonchev–Trinajstić information content (AvgIpc) is 2.99. The molecule has 0 fully saturated rings. The number of amidine groups is 1. The third-order valence-electron chi connectivity index (χ3n) is 5.16. The molecule has 4 rings (SSSR count). The maximum absolute atomic E-state index is 12.9. The fourth-order valence-electron chi connectivity index (χ4n) is 3.63. The van der Waals surface area contributed by atoms with Gasteiger partial charge in [-0.2, -0.15) is 0 Å². The largest absolute Gasteiger partial charge is 0.483 e. The van der Waals surface area contributed by atoms with E-state index < -0.39 is 11.9 Å². The number of fused-ring (bicyclic) bond motifs is 2. The number of para-hydroxylation sites is 2. The molecule has 0 unspecified atom stereocenters. The summed E-state index contributed by atoms with van der Waals surface area (Å²) in [6, 6.07) is 20.9. The van der Waals surface area contributed by atoms with Gasteiger partial charge in [0.25, 0.3) is 5.91 Å². The standard InChI is InChI=1S/C26H25N3O4/c1-3-19-24(26(31)32-4-2)25(28-21-14-8-7-13-20(21)27-19)29-23(30)16-33-22-15-9-11-17-10-5-6-12-18(17)22/h5-15,27H,3-4,16H2,1-2H3,(H,28,29,30). The van der Waals surface area contributed by atoms with E-state index in [-0.39, 0.29) is 24.6 Å². The molecule has 1 amide bonds. The number of hydrogen-bond donors (Lipinski definition) is 2.